The summed E-state index contributed by atoms with van der Waals surface area (Å²) in [6.45, 7) is 1.29. The molecule has 1 aromatic carbocycles. The predicted octanol–water partition coefficient (Wildman–Crippen LogP) is -1.08. The van der Waals surface area contributed by atoms with Gasteiger partial charge in [0.05, 0.1) is 0 Å². The Bertz CT molecular complexity index is 496. The molecule has 0 amide bonds. The van der Waals surface area contributed by atoms with Crippen molar-refractivity contribution in [3.63, 3.8) is 0 Å². The van der Waals surface area contributed by atoms with Crippen LogP contribution >= 0.6 is 0 Å². The molecular formula is C9H12AsNO7. The van der Waals surface area contributed by atoms with Gasteiger partial charge in [-0.05, 0) is 0 Å². The standard InChI is InChI=1S/C9H12AsNO7/c1-6(12)5-18-9-3-2-7(10(13,14)15)4-8(9)11(16)17/h2-4,6,12H,5H2,1H3,(H2,13,14,15). The summed E-state index contributed by atoms with van der Waals surface area (Å²) in [5, 5.41) is 19.8. The molecule has 8 nitrogen and oxygen atoms in total. The van der Waals surface area contributed by atoms with Gasteiger partial charge in [-0.3, -0.25) is 0 Å². The van der Waals surface area contributed by atoms with Crippen LogP contribution in [0.15, 0.2) is 18.2 Å². The minimum atomic E-state index is -5.18. The zero-order valence-electron chi connectivity index (χ0n) is 9.39. The molecule has 0 aromatic heterocycles. The van der Waals surface area contributed by atoms with Crippen LogP contribution in [0.25, 0.3) is 0 Å². The first-order valence-corrected chi connectivity index (χ1v) is 8.25. The van der Waals surface area contributed by atoms with Crippen molar-refractivity contribution in [2.24, 2.45) is 0 Å². The van der Waals surface area contributed by atoms with E-state index in [2.05, 4.69) is 0 Å². The van der Waals surface area contributed by atoms with Gasteiger partial charge in [-0.25, -0.2) is 0 Å². The van der Waals surface area contributed by atoms with E-state index in [-0.39, 0.29) is 12.4 Å². The molecule has 0 heterocycles. The second-order valence-corrected chi connectivity index (χ2v) is 6.98. The zero-order valence-corrected chi connectivity index (χ0v) is 11.3. The van der Waals surface area contributed by atoms with Gasteiger partial charge in [0, 0.05) is 0 Å². The topological polar surface area (TPSA) is 130 Å². The van der Waals surface area contributed by atoms with Crippen molar-refractivity contribution in [3.05, 3.63) is 28.3 Å². The third kappa shape index (κ3) is 3.85. The number of nitro groups is 1. The van der Waals surface area contributed by atoms with Gasteiger partial charge in [0.15, 0.2) is 0 Å². The number of aliphatic hydroxyl groups is 1. The molecule has 0 fully saturated rings. The van der Waals surface area contributed by atoms with Crippen LogP contribution in [0.5, 0.6) is 5.75 Å². The van der Waals surface area contributed by atoms with Crippen LogP contribution in [0.2, 0.25) is 0 Å². The summed E-state index contributed by atoms with van der Waals surface area (Å²) in [6.07, 6.45) is -0.810. The fourth-order valence-corrected chi connectivity index (χ4v) is 2.34. The molecule has 18 heavy (non-hydrogen) atoms. The van der Waals surface area contributed by atoms with E-state index in [4.69, 9.17) is 18.0 Å². The average Bonchev–Trinajstić information content (AvgIpc) is 2.24. The molecule has 0 spiro atoms. The van der Waals surface area contributed by atoms with Crippen molar-refractivity contribution in [1.82, 2.24) is 0 Å². The van der Waals surface area contributed by atoms with Crippen molar-refractivity contribution in [2.45, 2.75) is 13.0 Å². The first-order chi connectivity index (χ1) is 8.21. The third-order valence-electron chi connectivity index (χ3n) is 1.96. The van der Waals surface area contributed by atoms with Crippen LogP contribution in [0.1, 0.15) is 6.92 Å². The SMILES string of the molecule is CC(O)COc1ccc([As](=O)(O)O)cc1[N+](=O)[O-]. The van der Waals surface area contributed by atoms with Gasteiger partial charge in [0.25, 0.3) is 0 Å². The monoisotopic (exact) mass is 321 g/mol. The summed E-state index contributed by atoms with van der Waals surface area (Å²) >= 11 is -5.18. The van der Waals surface area contributed by atoms with E-state index < -0.39 is 35.2 Å². The second-order valence-electron chi connectivity index (χ2n) is 3.61. The van der Waals surface area contributed by atoms with Crippen molar-refractivity contribution in [3.8, 4) is 5.75 Å². The van der Waals surface area contributed by atoms with Gasteiger partial charge in [0.1, 0.15) is 0 Å². The van der Waals surface area contributed by atoms with Gasteiger partial charge in [-0.2, -0.15) is 0 Å². The Morgan fingerprint density at radius 1 is 1.50 bits per heavy atom. The van der Waals surface area contributed by atoms with Gasteiger partial charge in [0.2, 0.25) is 0 Å². The van der Waals surface area contributed by atoms with Crippen molar-refractivity contribution in [1.29, 1.82) is 0 Å². The Morgan fingerprint density at radius 3 is 2.56 bits per heavy atom. The van der Waals surface area contributed by atoms with Crippen LogP contribution in [0, 0.1) is 10.1 Å². The van der Waals surface area contributed by atoms with Gasteiger partial charge >= 0.3 is 105 Å². The zero-order chi connectivity index (χ0) is 13.9. The van der Waals surface area contributed by atoms with E-state index in [0.717, 1.165) is 18.2 Å². The molecule has 1 atom stereocenters. The van der Waals surface area contributed by atoms with Gasteiger partial charge < -0.3 is 0 Å². The maximum absolute atomic E-state index is 11.0. The molecule has 9 heteroatoms. The number of hydrogen-bond donors (Lipinski definition) is 3. The molecule has 0 bridgehead atoms. The van der Waals surface area contributed by atoms with E-state index >= 15 is 0 Å². The first kappa shape index (κ1) is 14.7. The van der Waals surface area contributed by atoms with E-state index in [1.54, 1.807) is 0 Å². The Labute approximate surface area is 105 Å². The fraction of sp³-hybridized carbons (Fsp3) is 0.333. The fourth-order valence-electron chi connectivity index (χ4n) is 1.16. The third-order valence-corrected chi connectivity index (χ3v) is 3.95. The van der Waals surface area contributed by atoms with E-state index in [1.165, 1.54) is 6.92 Å². The Hall–Kier alpha value is -1.34. The van der Waals surface area contributed by atoms with E-state index in [0.29, 0.717) is 0 Å². The van der Waals surface area contributed by atoms with Crippen LogP contribution < -0.4 is 9.09 Å². The second kappa shape index (κ2) is 5.53. The molecule has 0 saturated carbocycles. The Morgan fingerprint density at radius 2 is 2.11 bits per heavy atom. The number of benzene rings is 1. The van der Waals surface area contributed by atoms with Crippen LogP contribution in [0.3, 0.4) is 0 Å². The van der Waals surface area contributed by atoms with Crippen LogP contribution in [-0.2, 0) is 3.74 Å². The molecule has 0 saturated heterocycles. The molecule has 0 radical (unpaired) electrons. The Kier molecular flexibility index (Phi) is 4.52. The molecule has 0 aliphatic rings. The average molecular weight is 321 g/mol. The minimum absolute atomic E-state index is 0.145. The number of aliphatic hydroxyl groups excluding tert-OH is 1. The van der Waals surface area contributed by atoms with Crippen molar-refractivity contribution >= 4 is 24.2 Å². The Balaban J connectivity index is 3.13. The number of nitro benzene ring substituents is 1. The number of nitrogens with zero attached hydrogens (tertiary/aromatic N) is 1. The summed E-state index contributed by atoms with van der Waals surface area (Å²) in [4.78, 5) is 9.96. The summed E-state index contributed by atoms with van der Waals surface area (Å²) in [5.74, 6) is -0.145. The van der Waals surface area contributed by atoms with Crippen LogP contribution in [-0.4, -0.2) is 45.1 Å². The molecule has 3 N–H and O–H groups in total. The molecular weight excluding hydrogens is 309 g/mol. The van der Waals surface area contributed by atoms with Gasteiger partial charge in [-0.1, -0.05) is 0 Å². The molecule has 1 unspecified atom stereocenters. The molecule has 0 aliphatic heterocycles. The first-order valence-electron chi connectivity index (χ1n) is 4.87. The quantitative estimate of drug-likeness (QED) is 0.357. The normalized spacial score (nSPS) is 13.1. The molecule has 100 valence electrons. The number of ether oxygens (including phenoxy) is 1. The number of rotatable bonds is 5. The summed E-state index contributed by atoms with van der Waals surface area (Å²) in [5.41, 5.74) is -0.544. The molecule has 1 rings (SSSR count). The maximum atomic E-state index is 11.0. The van der Waals surface area contributed by atoms with E-state index in [1.807, 2.05) is 0 Å². The number of hydrogen-bond acceptors (Lipinski definition) is 5. The predicted molar refractivity (Wildman–Crippen MR) is 60.8 cm³/mol. The van der Waals surface area contributed by atoms with Gasteiger partial charge in [-0.15, -0.1) is 0 Å². The summed E-state index contributed by atoms with van der Waals surface area (Å²) in [6, 6.07) is 2.97. The van der Waals surface area contributed by atoms with Crippen LogP contribution in [0.4, 0.5) is 5.69 Å². The van der Waals surface area contributed by atoms with Crippen molar-refractivity contribution < 1.29 is 26.7 Å². The van der Waals surface area contributed by atoms with Crippen molar-refractivity contribution in [2.75, 3.05) is 6.61 Å². The van der Waals surface area contributed by atoms with E-state index in [9.17, 15) is 13.9 Å². The molecule has 0 aliphatic carbocycles. The summed E-state index contributed by atoms with van der Waals surface area (Å²) in [7, 11) is 0. The summed E-state index contributed by atoms with van der Waals surface area (Å²) < 4.78 is 33.6. The molecule has 1 aromatic rings.